The summed E-state index contributed by atoms with van der Waals surface area (Å²) < 4.78 is 18.4. The average molecular weight is 311 g/mol. The molecule has 0 saturated carbocycles. The number of carbonyl (C=O) groups excluding carboxylic acids is 1. The van der Waals surface area contributed by atoms with Gasteiger partial charge in [0, 0.05) is 0 Å². The van der Waals surface area contributed by atoms with Crippen molar-refractivity contribution in [3.8, 4) is 11.8 Å². The van der Waals surface area contributed by atoms with E-state index in [1.54, 1.807) is 43.3 Å². The third-order valence-corrected chi connectivity index (χ3v) is 2.90. The van der Waals surface area contributed by atoms with Crippen LogP contribution in [0.15, 0.2) is 53.6 Å². The van der Waals surface area contributed by atoms with Crippen molar-refractivity contribution in [3.63, 3.8) is 0 Å². The third kappa shape index (κ3) is 4.93. The van der Waals surface area contributed by atoms with E-state index in [0.717, 1.165) is 0 Å². The number of hydrazone groups is 1. The molecule has 0 unspecified atom stereocenters. The maximum absolute atomic E-state index is 13.0. The Kier molecular flexibility index (Phi) is 5.42. The molecule has 116 valence electrons. The summed E-state index contributed by atoms with van der Waals surface area (Å²) in [7, 11) is 0. The van der Waals surface area contributed by atoms with Crippen LogP contribution in [0, 0.1) is 17.1 Å². The largest absolute Gasteiger partial charge is 0.481 e. The van der Waals surface area contributed by atoms with Crippen LogP contribution < -0.4 is 10.2 Å². The number of halogens is 1. The number of nitriles is 1. The molecule has 2 aromatic rings. The lowest BCUT2D eigenvalue weighted by molar-refractivity contribution is -0.127. The number of hydrogen-bond donors (Lipinski definition) is 1. The fourth-order valence-corrected chi connectivity index (χ4v) is 1.71. The van der Waals surface area contributed by atoms with Crippen molar-refractivity contribution in [1.82, 2.24) is 5.43 Å². The van der Waals surface area contributed by atoms with Gasteiger partial charge in [0.1, 0.15) is 11.6 Å². The van der Waals surface area contributed by atoms with Gasteiger partial charge in [-0.05, 0) is 48.9 Å². The van der Waals surface area contributed by atoms with Gasteiger partial charge in [-0.15, -0.1) is 0 Å². The molecule has 0 aromatic heterocycles. The Bertz CT molecular complexity index is 751. The fraction of sp³-hybridized carbons (Fsp3) is 0.118. The maximum Gasteiger partial charge on any atom is 0.280 e. The van der Waals surface area contributed by atoms with Gasteiger partial charge in [0.25, 0.3) is 5.91 Å². The van der Waals surface area contributed by atoms with Crippen LogP contribution in [0.25, 0.3) is 0 Å². The Morgan fingerprint density at radius 1 is 1.35 bits per heavy atom. The Morgan fingerprint density at radius 2 is 2.09 bits per heavy atom. The van der Waals surface area contributed by atoms with Gasteiger partial charge in [0.2, 0.25) is 0 Å². The lowest BCUT2D eigenvalue weighted by atomic mass is 10.2. The molecule has 23 heavy (non-hydrogen) atoms. The van der Waals surface area contributed by atoms with E-state index in [1.807, 2.05) is 6.07 Å². The number of benzene rings is 2. The molecule has 0 radical (unpaired) electrons. The molecule has 5 nitrogen and oxygen atoms in total. The Balaban J connectivity index is 1.88. The van der Waals surface area contributed by atoms with Gasteiger partial charge in [-0.25, -0.2) is 9.82 Å². The number of carbonyl (C=O) groups is 1. The number of amides is 1. The minimum absolute atomic E-state index is 0.377. The van der Waals surface area contributed by atoms with Crippen LogP contribution in [0.5, 0.6) is 5.75 Å². The monoisotopic (exact) mass is 311 g/mol. The molecule has 0 aliphatic heterocycles. The zero-order valence-electron chi connectivity index (χ0n) is 12.4. The molecule has 0 spiro atoms. The topological polar surface area (TPSA) is 74.5 Å². The summed E-state index contributed by atoms with van der Waals surface area (Å²) in [6.07, 6.45) is 0.572. The first-order valence-electron chi connectivity index (χ1n) is 6.84. The van der Waals surface area contributed by atoms with E-state index in [-0.39, 0.29) is 5.82 Å². The summed E-state index contributed by atoms with van der Waals surface area (Å²) in [6.45, 7) is 1.57. The van der Waals surface area contributed by atoms with Crippen LogP contribution in [0.3, 0.4) is 0 Å². The average Bonchev–Trinajstić information content (AvgIpc) is 2.55. The van der Waals surface area contributed by atoms with Crippen LogP contribution in [-0.2, 0) is 4.79 Å². The Labute approximate surface area is 133 Å². The van der Waals surface area contributed by atoms with E-state index in [1.165, 1.54) is 18.3 Å². The van der Waals surface area contributed by atoms with Gasteiger partial charge in [-0.3, -0.25) is 4.79 Å². The first-order chi connectivity index (χ1) is 11.1. The first-order valence-corrected chi connectivity index (χ1v) is 6.84. The van der Waals surface area contributed by atoms with E-state index in [2.05, 4.69) is 10.5 Å². The number of rotatable bonds is 5. The van der Waals surface area contributed by atoms with Crippen molar-refractivity contribution in [2.24, 2.45) is 5.10 Å². The Morgan fingerprint density at radius 3 is 2.74 bits per heavy atom. The van der Waals surface area contributed by atoms with E-state index in [0.29, 0.717) is 16.9 Å². The smallest absolute Gasteiger partial charge is 0.280 e. The molecular formula is C17H14FN3O2. The summed E-state index contributed by atoms with van der Waals surface area (Å²) in [5, 5.41) is 12.5. The maximum atomic E-state index is 13.0. The predicted octanol–water partition coefficient (Wildman–Crippen LogP) is 2.61. The number of ether oxygens (including phenoxy) is 1. The highest BCUT2D eigenvalue weighted by molar-refractivity contribution is 5.84. The molecule has 6 heteroatoms. The summed E-state index contributed by atoms with van der Waals surface area (Å²) in [5.41, 5.74) is 3.37. The lowest BCUT2D eigenvalue weighted by Gasteiger charge is -2.12. The Hall–Kier alpha value is -3.20. The van der Waals surface area contributed by atoms with Crippen molar-refractivity contribution in [3.05, 3.63) is 65.5 Å². The van der Waals surface area contributed by atoms with Crippen LogP contribution in [0.4, 0.5) is 4.39 Å². The second-order valence-corrected chi connectivity index (χ2v) is 4.69. The van der Waals surface area contributed by atoms with Gasteiger partial charge in [0.15, 0.2) is 6.10 Å². The van der Waals surface area contributed by atoms with Crippen molar-refractivity contribution in [2.45, 2.75) is 13.0 Å². The van der Waals surface area contributed by atoms with Crippen LogP contribution in [0.1, 0.15) is 18.1 Å². The molecule has 2 aromatic carbocycles. The SMILES string of the molecule is C[C@@H](Oc1ccc(C#N)cc1)C(=O)N/N=C\c1cccc(F)c1. The highest BCUT2D eigenvalue weighted by Crippen LogP contribution is 2.13. The molecular weight excluding hydrogens is 297 g/mol. The fourth-order valence-electron chi connectivity index (χ4n) is 1.71. The van der Waals surface area contributed by atoms with Gasteiger partial charge >= 0.3 is 0 Å². The number of hydrogen-bond acceptors (Lipinski definition) is 4. The van der Waals surface area contributed by atoms with Crippen molar-refractivity contribution in [1.29, 1.82) is 5.26 Å². The third-order valence-electron chi connectivity index (χ3n) is 2.90. The molecule has 0 bridgehead atoms. The minimum atomic E-state index is -0.771. The summed E-state index contributed by atoms with van der Waals surface area (Å²) in [5.74, 6) is -0.347. The first kappa shape index (κ1) is 16.2. The van der Waals surface area contributed by atoms with Crippen molar-refractivity contribution in [2.75, 3.05) is 0 Å². The molecule has 0 saturated heterocycles. The summed E-state index contributed by atoms with van der Waals surface area (Å²) in [6, 6.07) is 14.2. The molecule has 1 N–H and O–H groups in total. The second-order valence-electron chi connectivity index (χ2n) is 4.69. The zero-order valence-corrected chi connectivity index (χ0v) is 12.4. The van der Waals surface area contributed by atoms with E-state index >= 15 is 0 Å². The number of nitrogens with one attached hydrogen (secondary N) is 1. The van der Waals surface area contributed by atoms with Crippen molar-refractivity contribution < 1.29 is 13.9 Å². The lowest BCUT2D eigenvalue weighted by Crippen LogP contribution is -2.33. The summed E-state index contributed by atoms with van der Waals surface area (Å²) >= 11 is 0. The molecule has 0 aliphatic rings. The van der Waals surface area contributed by atoms with Crippen LogP contribution in [-0.4, -0.2) is 18.2 Å². The second kappa shape index (κ2) is 7.71. The van der Waals surface area contributed by atoms with Gasteiger partial charge in [-0.2, -0.15) is 10.4 Å². The molecule has 0 heterocycles. The quantitative estimate of drug-likeness (QED) is 0.681. The molecule has 0 aliphatic carbocycles. The van der Waals surface area contributed by atoms with Gasteiger partial charge in [0.05, 0.1) is 17.8 Å². The highest BCUT2D eigenvalue weighted by Gasteiger charge is 2.13. The summed E-state index contributed by atoms with van der Waals surface area (Å²) in [4.78, 5) is 11.9. The van der Waals surface area contributed by atoms with E-state index in [4.69, 9.17) is 10.00 Å². The zero-order chi connectivity index (χ0) is 16.7. The van der Waals surface area contributed by atoms with Gasteiger partial charge < -0.3 is 4.74 Å². The predicted molar refractivity (Wildman–Crippen MR) is 83.4 cm³/mol. The van der Waals surface area contributed by atoms with Gasteiger partial charge in [-0.1, -0.05) is 12.1 Å². The minimum Gasteiger partial charge on any atom is -0.481 e. The van der Waals surface area contributed by atoms with E-state index in [9.17, 15) is 9.18 Å². The highest BCUT2D eigenvalue weighted by atomic mass is 19.1. The molecule has 1 amide bonds. The normalized spacial score (nSPS) is 11.7. The molecule has 0 fully saturated rings. The molecule has 1 atom stereocenters. The van der Waals surface area contributed by atoms with Crippen LogP contribution >= 0.6 is 0 Å². The van der Waals surface area contributed by atoms with Crippen molar-refractivity contribution >= 4 is 12.1 Å². The van der Waals surface area contributed by atoms with Crippen LogP contribution in [0.2, 0.25) is 0 Å². The number of nitrogens with zero attached hydrogens (tertiary/aromatic N) is 2. The van der Waals surface area contributed by atoms with E-state index < -0.39 is 12.0 Å². The molecule has 2 rings (SSSR count). The standard InChI is InChI=1S/C17H14FN3O2/c1-12(23-16-7-5-13(10-19)6-8-16)17(22)21-20-11-14-3-2-4-15(18)9-14/h2-9,11-12H,1H3,(H,21,22)/b20-11-/t12-/m1/s1.